The van der Waals surface area contributed by atoms with Gasteiger partial charge in [-0.05, 0) is 27.9 Å². The number of nitrogen functional groups attached to an aromatic ring is 1. The lowest BCUT2D eigenvalue weighted by molar-refractivity contribution is 0.0956. The molecule has 0 aliphatic carbocycles. The highest BCUT2D eigenvalue weighted by atomic mass is 32.1. The van der Waals surface area contributed by atoms with Crippen LogP contribution in [0.4, 0.5) is 10.9 Å². The molecular formula is C11H21N5OS. The van der Waals surface area contributed by atoms with E-state index in [0.717, 1.165) is 6.54 Å². The zero-order valence-corrected chi connectivity index (χ0v) is 12.1. The molecule has 0 bridgehead atoms. The van der Waals surface area contributed by atoms with Crippen molar-refractivity contribution in [2.24, 2.45) is 0 Å². The van der Waals surface area contributed by atoms with Gasteiger partial charge in [-0.1, -0.05) is 11.3 Å². The van der Waals surface area contributed by atoms with Crippen LogP contribution >= 0.6 is 11.3 Å². The Morgan fingerprint density at radius 3 is 2.72 bits per heavy atom. The van der Waals surface area contributed by atoms with Crippen LogP contribution in [-0.2, 0) is 0 Å². The van der Waals surface area contributed by atoms with E-state index in [0.29, 0.717) is 16.6 Å². The first-order valence-corrected chi connectivity index (χ1v) is 6.67. The highest BCUT2D eigenvalue weighted by Gasteiger charge is 2.16. The molecule has 0 aliphatic rings. The summed E-state index contributed by atoms with van der Waals surface area (Å²) in [5, 5.41) is 6.63. The van der Waals surface area contributed by atoms with Crippen LogP contribution in [0.2, 0.25) is 0 Å². The summed E-state index contributed by atoms with van der Waals surface area (Å²) in [4.78, 5) is 18.5. The molecule has 0 aliphatic heterocycles. The number of hydrogen-bond acceptors (Lipinski definition) is 6. The molecule has 4 N–H and O–H groups in total. The summed E-state index contributed by atoms with van der Waals surface area (Å²) < 4.78 is 0. The molecule has 0 saturated heterocycles. The van der Waals surface area contributed by atoms with Crippen molar-refractivity contribution < 1.29 is 4.79 Å². The molecule has 1 aromatic heterocycles. The third-order valence-electron chi connectivity index (χ3n) is 2.12. The highest BCUT2D eigenvalue weighted by Crippen LogP contribution is 2.25. The molecular weight excluding hydrogens is 250 g/mol. The number of aromatic nitrogens is 1. The zero-order chi connectivity index (χ0) is 13.7. The van der Waals surface area contributed by atoms with Gasteiger partial charge in [0.15, 0.2) is 5.13 Å². The fourth-order valence-electron chi connectivity index (χ4n) is 1.28. The van der Waals surface area contributed by atoms with Gasteiger partial charge in [-0.2, -0.15) is 0 Å². The molecule has 0 radical (unpaired) electrons. The molecule has 102 valence electrons. The summed E-state index contributed by atoms with van der Waals surface area (Å²) >= 11 is 1.28. The number of amides is 1. The maximum Gasteiger partial charge on any atom is 0.265 e. The average molecular weight is 271 g/mol. The standard InChI is InChI=1S/C11H21N5OS/c1-7(2)14-11-15-9(12)8(18-11)10(17)13-5-6-16(3)4/h7H,5-6,12H2,1-4H3,(H,13,17)(H,14,15). The average Bonchev–Trinajstić information content (AvgIpc) is 2.57. The third kappa shape index (κ3) is 4.50. The minimum Gasteiger partial charge on any atom is -0.382 e. The SMILES string of the molecule is CC(C)Nc1nc(N)c(C(=O)NCCN(C)C)s1. The van der Waals surface area contributed by atoms with Crippen LogP contribution in [0.15, 0.2) is 0 Å². The molecule has 1 aromatic rings. The Bertz CT molecular complexity index is 402. The summed E-state index contributed by atoms with van der Waals surface area (Å²) in [7, 11) is 3.91. The van der Waals surface area contributed by atoms with Crippen molar-refractivity contribution in [2.45, 2.75) is 19.9 Å². The zero-order valence-electron chi connectivity index (χ0n) is 11.3. The van der Waals surface area contributed by atoms with Crippen LogP contribution in [0.5, 0.6) is 0 Å². The van der Waals surface area contributed by atoms with Gasteiger partial charge in [0.2, 0.25) is 0 Å². The van der Waals surface area contributed by atoms with Crippen molar-refractivity contribution in [1.29, 1.82) is 0 Å². The van der Waals surface area contributed by atoms with Crippen LogP contribution in [0.25, 0.3) is 0 Å². The van der Waals surface area contributed by atoms with E-state index < -0.39 is 0 Å². The number of anilines is 2. The van der Waals surface area contributed by atoms with Gasteiger partial charge in [-0.15, -0.1) is 0 Å². The first-order valence-electron chi connectivity index (χ1n) is 5.86. The topological polar surface area (TPSA) is 83.3 Å². The molecule has 0 unspecified atom stereocenters. The Balaban J connectivity index is 2.59. The Kier molecular flexibility index (Phi) is 5.36. The summed E-state index contributed by atoms with van der Waals surface area (Å²) in [6, 6.07) is 0.264. The lowest BCUT2D eigenvalue weighted by atomic mass is 10.4. The lowest BCUT2D eigenvalue weighted by Gasteiger charge is -2.09. The van der Waals surface area contributed by atoms with E-state index in [-0.39, 0.29) is 17.8 Å². The molecule has 0 aromatic carbocycles. The number of likely N-dealkylation sites (N-methyl/N-ethyl adjacent to an activating group) is 1. The number of nitrogens with one attached hydrogen (secondary N) is 2. The molecule has 0 atom stereocenters. The normalized spacial score (nSPS) is 11.0. The van der Waals surface area contributed by atoms with Crippen LogP contribution in [0.3, 0.4) is 0 Å². The first kappa shape index (κ1) is 14.7. The van der Waals surface area contributed by atoms with Gasteiger partial charge in [-0.3, -0.25) is 4.79 Å². The second-order valence-electron chi connectivity index (χ2n) is 4.59. The number of nitrogens with two attached hydrogens (primary N) is 1. The van der Waals surface area contributed by atoms with E-state index in [1.165, 1.54) is 11.3 Å². The quantitative estimate of drug-likeness (QED) is 0.714. The van der Waals surface area contributed by atoms with Crippen LogP contribution < -0.4 is 16.4 Å². The highest BCUT2D eigenvalue weighted by molar-refractivity contribution is 7.18. The van der Waals surface area contributed by atoms with Gasteiger partial charge in [0.05, 0.1) is 0 Å². The fraction of sp³-hybridized carbons (Fsp3) is 0.636. The Labute approximate surface area is 112 Å². The Morgan fingerprint density at radius 2 is 2.17 bits per heavy atom. The Hall–Kier alpha value is -1.34. The molecule has 0 saturated carbocycles. The fourth-order valence-corrected chi connectivity index (χ4v) is 2.22. The molecule has 7 heteroatoms. The molecule has 1 heterocycles. The van der Waals surface area contributed by atoms with Crippen molar-refractivity contribution in [2.75, 3.05) is 38.2 Å². The van der Waals surface area contributed by atoms with E-state index in [1.54, 1.807) is 0 Å². The van der Waals surface area contributed by atoms with E-state index in [9.17, 15) is 4.79 Å². The van der Waals surface area contributed by atoms with Crippen molar-refractivity contribution in [3.8, 4) is 0 Å². The van der Waals surface area contributed by atoms with Gasteiger partial charge < -0.3 is 21.3 Å². The molecule has 0 spiro atoms. The van der Waals surface area contributed by atoms with Gasteiger partial charge >= 0.3 is 0 Å². The number of thiazole rings is 1. The second-order valence-corrected chi connectivity index (χ2v) is 5.59. The second kappa shape index (κ2) is 6.55. The number of carbonyl (C=O) groups is 1. The number of rotatable bonds is 6. The summed E-state index contributed by atoms with van der Waals surface area (Å²) in [5.41, 5.74) is 5.74. The van der Waals surface area contributed by atoms with Crippen molar-refractivity contribution >= 4 is 28.2 Å². The molecule has 1 rings (SSSR count). The van der Waals surface area contributed by atoms with Crippen molar-refractivity contribution in [3.63, 3.8) is 0 Å². The first-order chi connectivity index (χ1) is 8.40. The summed E-state index contributed by atoms with van der Waals surface area (Å²) in [6.45, 7) is 5.40. The summed E-state index contributed by atoms with van der Waals surface area (Å²) in [6.07, 6.45) is 0. The predicted octanol–water partition coefficient (Wildman–Crippen LogP) is 0.837. The Morgan fingerprint density at radius 1 is 1.50 bits per heavy atom. The van der Waals surface area contributed by atoms with E-state index in [1.807, 2.05) is 32.8 Å². The minimum atomic E-state index is -0.163. The predicted molar refractivity (Wildman–Crippen MR) is 76.2 cm³/mol. The third-order valence-corrected chi connectivity index (χ3v) is 3.12. The maximum absolute atomic E-state index is 11.9. The summed E-state index contributed by atoms with van der Waals surface area (Å²) in [5.74, 6) is 0.120. The molecule has 18 heavy (non-hydrogen) atoms. The monoisotopic (exact) mass is 271 g/mol. The minimum absolute atomic E-state index is 0.163. The van der Waals surface area contributed by atoms with E-state index >= 15 is 0 Å². The van der Waals surface area contributed by atoms with E-state index in [4.69, 9.17) is 5.73 Å². The van der Waals surface area contributed by atoms with Crippen LogP contribution in [-0.4, -0.2) is 49.0 Å². The van der Waals surface area contributed by atoms with E-state index in [2.05, 4.69) is 15.6 Å². The number of nitrogens with zero attached hydrogens (tertiary/aromatic N) is 2. The number of carbonyl (C=O) groups excluding carboxylic acids is 1. The molecule has 0 fully saturated rings. The lowest BCUT2D eigenvalue weighted by Crippen LogP contribution is -2.31. The van der Waals surface area contributed by atoms with Gasteiger partial charge in [-0.25, -0.2) is 4.98 Å². The molecule has 1 amide bonds. The van der Waals surface area contributed by atoms with Gasteiger partial charge in [0.1, 0.15) is 10.7 Å². The maximum atomic E-state index is 11.9. The van der Waals surface area contributed by atoms with Gasteiger partial charge in [0.25, 0.3) is 5.91 Å². The van der Waals surface area contributed by atoms with Crippen molar-refractivity contribution in [3.05, 3.63) is 4.88 Å². The smallest absolute Gasteiger partial charge is 0.265 e. The largest absolute Gasteiger partial charge is 0.382 e. The van der Waals surface area contributed by atoms with Crippen LogP contribution in [0, 0.1) is 0 Å². The molecule has 6 nitrogen and oxygen atoms in total. The number of hydrogen-bond donors (Lipinski definition) is 3. The van der Waals surface area contributed by atoms with Crippen LogP contribution in [0.1, 0.15) is 23.5 Å². The van der Waals surface area contributed by atoms with Crippen molar-refractivity contribution in [1.82, 2.24) is 15.2 Å². The van der Waals surface area contributed by atoms with Gasteiger partial charge in [0, 0.05) is 19.1 Å².